The summed E-state index contributed by atoms with van der Waals surface area (Å²) in [5, 5.41) is 3.22. The second-order valence-electron chi connectivity index (χ2n) is 4.29. The van der Waals surface area contributed by atoms with Gasteiger partial charge in [0.25, 0.3) is 0 Å². The molecule has 0 radical (unpaired) electrons. The third-order valence-electron chi connectivity index (χ3n) is 3.01. The lowest BCUT2D eigenvalue weighted by molar-refractivity contribution is 0.122. The molecule has 0 atom stereocenters. The van der Waals surface area contributed by atoms with Crippen LogP contribution < -0.4 is 10.2 Å². The van der Waals surface area contributed by atoms with E-state index < -0.39 is 0 Å². The van der Waals surface area contributed by atoms with Crippen molar-refractivity contribution in [2.45, 2.75) is 6.54 Å². The zero-order valence-corrected chi connectivity index (χ0v) is 10.6. The van der Waals surface area contributed by atoms with E-state index in [2.05, 4.69) is 20.2 Å². The molecule has 1 aliphatic rings. The quantitative estimate of drug-likeness (QED) is 0.899. The first-order valence-electron chi connectivity index (χ1n) is 6.33. The topological polar surface area (TPSA) is 63.4 Å². The number of furan rings is 1. The second-order valence-corrected chi connectivity index (χ2v) is 4.29. The molecule has 1 aliphatic heterocycles. The molecule has 3 heterocycles. The molecule has 0 unspecified atom stereocenters. The number of anilines is 2. The molecule has 6 nitrogen and oxygen atoms in total. The lowest BCUT2D eigenvalue weighted by atomic mass is 10.4. The van der Waals surface area contributed by atoms with Gasteiger partial charge in [-0.05, 0) is 12.1 Å². The van der Waals surface area contributed by atoms with E-state index in [1.807, 2.05) is 18.2 Å². The third-order valence-corrected chi connectivity index (χ3v) is 3.01. The van der Waals surface area contributed by atoms with E-state index in [4.69, 9.17) is 9.15 Å². The average Bonchev–Trinajstić information content (AvgIpc) is 3.00. The van der Waals surface area contributed by atoms with Gasteiger partial charge in [-0.3, -0.25) is 0 Å². The summed E-state index contributed by atoms with van der Waals surface area (Å²) < 4.78 is 10.6. The molecule has 0 amide bonds. The van der Waals surface area contributed by atoms with Crippen molar-refractivity contribution >= 4 is 11.6 Å². The predicted octanol–water partition coefficient (Wildman–Crippen LogP) is 1.52. The summed E-state index contributed by atoms with van der Waals surface area (Å²) in [6.45, 7) is 3.86. The van der Waals surface area contributed by atoms with Crippen LogP contribution in [0.15, 0.2) is 35.2 Å². The maximum absolute atomic E-state index is 5.33. The van der Waals surface area contributed by atoms with E-state index >= 15 is 0 Å². The van der Waals surface area contributed by atoms with E-state index in [1.54, 1.807) is 12.6 Å². The fraction of sp³-hybridized carbons (Fsp3) is 0.385. The molecular formula is C13H16N4O2. The number of ether oxygens (including phenoxy) is 1. The number of morpholine rings is 1. The average molecular weight is 260 g/mol. The van der Waals surface area contributed by atoms with E-state index in [-0.39, 0.29) is 0 Å². The predicted molar refractivity (Wildman–Crippen MR) is 71.1 cm³/mol. The van der Waals surface area contributed by atoms with Gasteiger partial charge in [0.15, 0.2) is 0 Å². The van der Waals surface area contributed by atoms with Crippen LogP contribution in [0, 0.1) is 0 Å². The highest BCUT2D eigenvalue weighted by molar-refractivity contribution is 5.48. The highest BCUT2D eigenvalue weighted by atomic mass is 16.5. The zero-order chi connectivity index (χ0) is 12.9. The molecule has 3 rings (SSSR count). The van der Waals surface area contributed by atoms with E-state index in [0.29, 0.717) is 6.54 Å². The largest absolute Gasteiger partial charge is 0.467 e. The van der Waals surface area contributed by atoms with Crippen LogP contribution in [0.25, 0.3) is 0 Å². The van der Waals surface area contributed by atoms with E-state index in [1.165, 1.54) is 0 Å². The molecule has 1 saturated heterocycles. The van der Waals surface area contributed by atoms with Crippen molar-refractivity contribution < 1.29 is 9.15 Å². The molecule has 0 saturated carbocycles. The van der Waals surface area contributed by atoms with Crippen LogP contribution in [0.1, 0.15) is 5.76 Å². The highest BCUT2D eigenvalue weighted by Gasteiger charge is 2.12. The Bertz CT molecular complexity index is 509. The number of nitrogens with one attached hydrogen (secondary N) is 1. The van der Waals surface area contributed by atoms with Crippen molar-refractivity contribution in [3.63, 3.8) is 0 Å². The van der Waals surface area contributed by atoms with Crippen molar-refractivity contribution in [1.82, 2.24) is 9.97 Å². The van der Waals surface area contributed by atoms with E-state index in [9.17, 15) is 0 Å². The van der Waals surface area contributed by atoms with Gasteiger partial charge in [-0.15, -0.1) is 0 Å². The molecule has 0 aromatic carbocycles. The van der Waals surface area contributed by atoms with Gasteiger partial charge in [0.05, 0.1) is 26.0 Å². The van der Waals surface area contributed by atoms with Gasteiger partial charge < -0.3 is 19.4 Å². The summed E-state index contributed by atoms with van der Waals surface area (Å²) in [5.41, 5.74) is 0. The Labute approximate surface area is 111 Å². The molecule has 19 heavy (non-hydrogen) atoms. The molecule has 0 bridgehead atoms. The van der Waals surface area contributed by atoms with Crippen LogP contribution >= 0.6 is 0 Å². The third kappa shape index (κ3) is 3.03. The Hall–Kier alpha value is -2.08. The number of hydrogen-bond acceptors (Lipinski definition) is 6. The van der Waals surface area contributed by atoms with Crippen LogP contribution in [-0.2, 0) is 11.3 Å². The van der Waals surface area contributed by atoms with Gasteiger partial charge in [0.2, 0.25) is 0 Å². The fourth-order valence-electron chi connectivity index (χ4n) is 2.00. The fourth-order valence-corrected chi connectivity index (χ4v) is 2.00. The van der Waals surface area contributed by atoms with Crippen molar-refractivity contribution in [3.8, 4) is 0 Å². The van der Waals surface area contributed by atoms with Crippen LogP contribution in [0.5, 0.6) is 0 Å². The van der Waals surface area contributed by atoms with Crippen LogP contribution in [0.4, 0.5) is 11.6 Å². The summed E-state index contributed by atoms with van der Waals surface area (Å²) in [4.78, 5) is 10.7. The molecule has 2 aromatic rings. The molecule has 0 spiro atoms. The van der Waals surface area contributed by atoms with E-state index in [0.717, 1.165) is 43.7 Å². The zero-order valence-electron chi connectivity index (χ0n) is 10.6. The summed E-state index contributed by atoms with van der Waals surface area (Å²) in [6.07, 6.45) is 3.24. The number of hydrogen-bond donors (Lipinski definition) is 1. The van der Waals surface area contributed by atoms with Gasteiger partial charge in [0.1, 0.15) is 23.7 Å². The maximum atomic E-state index is 5.33. The minimum absolute atomic E-state index is 0.618. The molecule has 6 heteroatoms. The molecule has 100 valence electrons. The first kappa shape index (κ1) is 12.0. The summed E-state index contributed by atoms with van der Waals surface area (Å²) >= 11 is 0. The lowest BCUT2D eigenvalue weighted by Crippen LogP contribution is -2.36. The highest BCUT2D eigenvalue weighted by Crippen LogP contribution is 2.16. The Kier molecular flexibility index (Phi) is 3.60. The Balaban J connectivity index is 1.65. The molecule has 1 N–H and O–H groups in total. The summed E-state index contributed by atoms with van der Waals surface area (Å²) in [7, 11) is 0. The Morgan fingerprint density at radius 3 is 2.95 bits per heavy atom. The molecular weight excluding hydrogens is 244 g/mol. The van der Waals surface area contributed by atoms with Crippen molar-refractivity contribution in [3.05, 3.63) is 36.5 Å². The van der Waals surface area contributed by atoms with Crippen LogP contribution in [-0.4, -0.2) is 36.3 Å². The van der Waals surface area contributed by atoms with Gasteiger partial charge in [-0.2, -0.15) is 0 Å². The van der Waals surface area contributed by atoms with Crippen molar-refractivity contribution in [1.29, 1.82) is 0 Å². The van der Waals surface area contributed by atoms with Gasteiger partial charge >= 0.3 is 0 Å². The van der Waals surface area contributed by atoms with Gasteiger partial charge in [-0.25, -0.2) is 9.97 Å². The summed E-state index contributed by atoms with van der Waals surface area (Å²) in [6, 6.07) is 5.75. The molecule has 2 aromatic heterocycles. The molecule has 1 fully saturated rings. The monoisotopic (exact) mass is 260 g/mol. The van der Waals surface area contributed by atoms with Gasteiger partial charge in [-0.1, -0.05) is 0 Å². The minimum atomic E-state index is 0.618. The first-order chi connectivity index (χ1) is 9.42. The number of rotatable bonds is 4. The Morgan fingerprint density at radius 1 is 1.26 bits per heavy atom. The second kappa shape index (κ2) is 5.71. The normalized spacial score (nSPS) is 15.5. The lowest BCUT2D eigenvalue weighted by Gasteiger charge is -2.27. The smallest absolute Gasteiger partial charge is 0.134 e. The first-order valence-corrected chi connectivity index (χ1v) is 6.33. The van der Waals surface area contributed by atoms with Crippen molar-refractivity contribution in [2.24, 2.45) is 0 Å². The number of nitrogens with zero attached hydrogens (tertiary/aromatic N) is 3. The number of aromatic nitrogens is 2. The maximum Gasteiger partial charge on any atom is 0.134 e. The Morgan fingerprint density at radius 2 is 2.16 bits per heavy atom. The van der Waals surface area contributed by atoms with Crippen molar-refractivity contribution in [2.75, 3.05) is 36.5 Å². The standard InChI is InChI=1S/C13H16N4O2/c1-2-11(19-5-1)9-14-12-8-13(16-10-15-12)17-3-6-18-7-4-17/h1-2,5,8,10H,3-4,6-7,9H2,(H,14,15,16). The SMILES string of the molecule is c1coc(CNc2cc(N3CCOCC3)ncn2)c1. The van der Waals surface area contributed by atoms with Crippen LogP contribution in [0.2, 0.25) is 0 Å². The molecule has 0 aliphatic carbocycles. The van der Waals surface area contributed by atoms with Gasteiger partial charge in [0, 0.05) is 19.2 Å². The minimum Gasteiger partial charge on any atom is -0.467 e. The summed E-state index contributed by atoms with van der Waals surface area (Å²) in [5.74, 6) is 2.61. The van der Waals surface area contributed by atoms with Crippen LogP contribution in [0.3, 0.4) is 0 Å².